The molecule has 0 radical (unpaired) electrons. The van der Waals surface area contributed by atoms with E-state index in [2.05, 4.69) is 26.1 Å². The quantitative estimate of drug-likeness (QED) is 0.542. The zero-order valence-electron chi connectivity index (χ0n) is 7.00. The molecule has 0 aliphatic rings. The number of hydrogen-bond donors (Lipinski definition) is 0. The van der Waals surface area contributed by atoms with Crippen molar-refractivity contribution in [3.63, 3.8) is 0 Å². The molecular formula is C8H16ClN2Sn+. The molecule has 1 aromatic heterocycles. The number of quaternary nitrogens is 1. The van der Waals surface area contributed by atoms with Gasteiger partial charge in [0, 0.05) is 6.07 Å². The molecule has 12 heavy (non-hydrogen) atoms. The van der Waals surface area contributed by atoms with Crippen LogP contribution in [0.1, 0.15) is 0 Å². The van der Waals surface area contributed by atoms with Crippen LogP contribution in [-0.4, -0.2) is 50.0 Å². The molecule has 4 heteroatoms. The van der Waals surface area contributed by atoms with Crippen LogP contribution in [0.2, 0.25) is 5.02 Å². The third-order valence-electron chi connectivity index (χ3n) is 1.40. The maximum absolute atomic E-state index is 5.69. The summed E-state index contributed by atoms with van der Waals surface area (Å²) in [5.74, 6) is 1.01. The first kappa shape index (κ1) is 12.2. The summed E-state index contributed by atoms with van der Waals surface area (Å²) >= 11 is 5.69. The van der Waals surface area contributed by atoms with Gasteiger partial charge in [-0.1, -0.05) is 11.6 Å². The minimum absolute atomic E-state index is 0. The standard InChI is InChI=1S/C8H12ClN2.Sn.4H/c1-11(2,3)8-5-4-7(9)6-10-8;;;;;/h4-6H,1-3H3;;;;;/q+1;;;;;. The summed E-state index contributed by atoms with van der Waals surface area (Å²) in [5, 5.41) is 0.683. The Labute approximate surface area is 95.1 Å². The molecule has 0 amide bonds. The van der Waals surface area contributed by atoms with E-state index in [1.54, 1.807) is 6.20 Å². The maximum atomic E-state index is 5.69. The van der Waals surface area contributed by atoms with Gasteiger partial charge in [0.1, 0.15) is 0 Å². The van der Waals surface area contributed by atoms with Crippen LogP contribution in [0.4, 0.5) is 5.82 Å². The Morgan fingerprint density at radius 2 is 1.83 bits per heavy atom. The first-order valence-corrected chi connectivity index (χ1v) is 3.81. The van der Waals surface area contributed by atoms with Crippen molar-refractivity contribution in [2.75, 3.05) is 21.1 Å². The van der Waals surface area contributed by atoms with Gasteiger partial charge in [0.15, 0.2) is 0 Å². The van der Waals surface area contributed by atoms with Crippen LogP contribution in [0.3, 0.4) is 0 Å². The molecule has 1 rings (SSSR count). The molecule has 68 valence electrons. The monoisotopic (exact) mass is 295 g/mol. The van der Waals surface area contributed by atoms with E-state index in [9.17, 15) is 0 Å². The SMILES string of the molecule is C[N+](C)(C)c1ccc(Cl)cn1.[SnH4]. The third-order valence-corrected chi connectivity index (χ3v) is 1.62. The molecule has 1 heterocycles. The Hall–Kier alpha value is 0.199. The van der Waals surface area contributed by atoms with Crippen LogP contribution < -0.4 is 4.48 Å². The second kappa shape index (κ2) is 4.44. The molecular weight excluding hydrogens is 278 g/mol. The van der Waals surface area contributed by atoms with E-state index in [0.29, 0.717) is 5.02 Å². The van der Waals surface area contributed by atoms with Crippen molar-refractivity contribution in [3.05, 3.63) is 23.4 Å². The van der Waals surface area contributed by atoms with Gasteiger partial charge in [-0.2, -0.15) is 0 Å². The average Bonchev–Trinajstić information content (AvgIpc) is 1.86. The van der Waals surface area contributed by atoms with Gasteiger partial charge in [-0.15, -0.1) is 0 Å². The molecule has 0 aliphatic carbocycles. The number of aromatic nitrogens is 1. The predicted octanol–water partition coefficient (Wildman–Crippen LogP) is 0.480. The Kier molecular flexibility index (Phi) is 4.51. The molecule has 0 N–H and O–H groups in total. The van der Waals surface area contributed by atoms with E-state index in [-0.39, 0.29) is 23.9 Å². The number of hydrogen-bond acceptors (Lipinski definition) is 1. The molecule has 2 nitrogen and oxygen atoms in total. The van der Waals surface area contributed by atoms with Crippen LogP contribution in [0, 0.1) is 0 Å². The fourth-order valence-corrected chi connectivity index (χ4v) is 0.877. The zero-order chi connectivity index (χ0) is 8.48. The van der Waals surface area contributed by atoms with Crippen molar-refractivity contribution in [1.82, 2.24) is 9.47 Å². The second-order valence-corrected chi connectivity index (χ2v) is 3.78. The van der Waals surface area contributed by atoms with E-state index < -0.39 is 0 Å². The second-order valence-electron chi connectivity index (χ2n) is 3.35. The Morgan fingerprint density at radius 1 is 1.25 bits per heavy atom. The van der Waals surface area contributed by atoms with Gasteiger partial charge in [-0.25, -0.2) is 4.98 Å². The van der Waals surface area contributed by atoms with Gasteiger partial charge in [0.05, 0.1) is 32.4 Å². The van der Waals surface area contributed by atoms with Crippen LogP contribution >= 0.6 is 11.6 Å². The number of pyridine rings is 1. The molecule has 0 bridgehead atoms. The van der Waals surface area contributed by atoms with E-state index in [0.717, 1.165) is 10.3 Å². The van der Waals surface area contributed by atoms with Crippen LogP contribution in [0.15, 0.2) is 18.3 Å². The molecule has 0 spiro atoms. The topological polar surface area (TPSA) is 12.9 Å². The molecule has 0 aromatic carbocycles. The van der Waals surface area contributed by atoms with Crippen molar-refractivity contribution < 1.29 is 0 Å². The van der Waals surface area contributed by atoms with Crippen molar-refractivity contribution in [3.8, 4) is 0 Å². The number of halogens is 1. The van der Waals surface area contributed by atoms with Gasteiger partial charge in [-0.3, -0.25) is 4.48 Å². The molecule has 0 atom stereocenters. The number of rotatable bonds is 1. The number of nitrogens with zero attached hydrogens (tertiary/aromatic N) is 2. The van der Waals surface area contributed by atoms with Gasteiger partial charge in [0.25, 0.3) is 0 Å². The van der Waals surface area contributed by atoms with Crippen molar-refractivity contribution in [1.29, 1.82) is 0 Å². The van der Waals surface area contributed by atoms with Gasteiger partial charge in [0.2, 0.25) is 5.82 Å². The van der Waals surface area contributed by atoms with Gasteiger partial charge in [-0.05, 0) is 6.07 Å². The van der Waals surface area contributed by atoms with Crippen molar-refractivity contribution in [2.24, 2.45) is 0 Å². The van der Waals surface area contributed by atoms with Crippen LogP contribution in [0.5, 0.6) is 0 Å². The van der Waals surface area contributed by atoms with Crippen molar-refractivity contribution >= 4 is 41.3 Å². The zero-order valence-corrected chi connectivity index (χ0v) is 7.76. The summed E-state index contributed by atoms with van der Waals surface area (Å²) in [6.45, 7) is 0. The van der Waals surface area contributed by atoms with E-state index in [1.807, 2.05) is 12.1 Å². The van der Waals surface area contributed by atoms with Crippen molar-refractivity contribution in [2.45, 2.75) is 0 Å². The summed E-state index contributed by atoms with van der Waals surface area (Å²) in [4.78, 5) is 4.19. The van der Waals surface area contributed by atoms with E-state index in [4.69, 9.17) is 11.6 Å². The molecule has 0 fully saturated rings. The summed E-state index contributed by atoms with van der Waals surface area (Å²) < 4.78 is 0.719. The average molecular weight is 294 g/mol. The molecule has 0 saturated carbocycles. The first-order valence-electron chi connectivity index (χ1n) is 3.44. The molecule has 1 aromatic rings. The van der Waals surface area contributed by atoms with Gasteiger partial charge >= 0.3 is 23.9 Å². The van der Waals surface area contributed by atoms with Gasteiger partial charge < -0.3 is 0 Å². The van der Waals surface area contributed by atoms with E-state index >= 15 is 0 Å². The van der Waals surface area contributed by atoms with Crippen LogP contribution in [-0.2, 0) is 0 Å². The summed E-state index contributed by atoms with van der Waals surface area (Å²) in [6.07, 6.45) is 1.67. The fourth-order valence-electron chi connectivity index (χ4n) is 0.765. The molecule has 0 saturated heterocycles. The normalized spacial score (nSPS) is 10.7. The predicted molar refractivity (Wildman–Crippen MR) is 60.1 cm³/mol. The summed E-state index contributed by atoms with van der Waals surface area (Å²) in [7, 11) is 6.20. The first-order chi connectivity index (χ1) is 5.00. The summed E-state index contributed by atoms with van der Waals surface area (Å²) in [5.41, 5.74) is 0. The summed E-state index contributed by atoms with van der Waals surface area (Å²) in [6, 6.07) is 3.79. The Morgan fingerprint density at radius 3 is 2.17 bits per heavy atom. The van der Waals surface area contributed by atoms with E-state index in [1.165, 1.54) is 0 Å². The molecule has 0 unspecified atom stereocenters. The fraction of sp³-hybridized carbons (Fsp3) is 0.375. The Balaban J connectivity index is 0.00000121. The minimum atomic E-state index is 0. The Bertz CT molecular complexity index is 240. The molecule has 0 aliphatic heterocycles. The third kappa shape index (κ3) is 3.29. The van der Waals surface area contributed by atoms with Crippen LogP contribution in [0.25, 0.3) is 0 Å².